The van der Waals surface area contributed by atoms with E-state index in [0.717, 1.165) is 32.4 Å². The van der Waals surface area contributed by atoms with E-state index in [9.17, 15) is 4.79 Å². The Morgan fingerprint density at radius 2 is 2.08 bits per heavy atom. The van der Waals surface area contributed by atoms with Crippen LogP contribution in [0.5, 0.6) is 0 Å². The smallest absolute Gasteiger partial charge is 0.260 e. The van der Waals surface area contributed by atoms with Crippen molar-refractivity contribution in [3.63, 3.8) is 0 Å². The predicted octanol–water partition coefficient (Wildman–Crippen LogP) is 4.19. The van der Waals surface area contributed by atoms with Crippen LogP contribution in [-0.4, -0.2) is 9.97 Å². The molecule has 0 aliphatic carbocycles. The number of rotatable bonds is 5. The molecule has 3 heterocycles. The summed E-state index contributed by atoms with van der Waals surface area (Å²) in [5.41, 5.74) is 1.96. The van der Waals surface area contributed by atoms with E-state index in [0.29, 0.717) is 11.2 Å². The van der Waals surface area contributed by atoms with Gasteiger partial charge in [0.2, 0.25) is 0 Å². The number of nitrogens with one attached hydrogen (secondary N) is 1. The highest BCUT2D eigenvalue weighted by molar-refractivity contribution is 7.18. The molecule has 132 valence electrons. The molecular formula is C19H17ClN3OS2+. The van der Waals surface area contributed by atoms with Gasteiger partial charge >= 0.3 is 0 Å². The summed E-state index contributed by atoms with van der Waals surface area (Å²) in [6.45, 7) is 2.77. The van der Waals surface area contributed by atoms with Gasteiger partial charge in [0.1, 0.15) is 17.4 Å². The third kappa shape index (κ3) is 3.33. The molecule has 0 radical (unpaired) electrons. The van der Waals surface area contributed by atoms with Crippen molar-refractivity contribution in [3.8, 4) is 10.4 Å². The highest BCUT2D eigenvalue weighted by atomic mass is 35.5. The summed E-state index contributed by atoms with van der Waals surface area (Å²) in [5.74, 6) is 0.689. The van der Waals surface area contributed by atoms with Crippen LogP contribution in [0.25, 0.3) is 20.7 Å². The molecule has 0 aliphatic heterocycles. The van der Waals surface area contributed by atoms with Gasteiger partial charge in [-0.3, -0.25) is 4.79 Å². The van der Waals surface area contributed by atoms with Crippen molar-refractivity contribution < 1.29 is 5.32 Å². The minimum atomic E-state index is -0.0763. The molecule has 0 fully saturated rings. The van der Waals surface area contributed by atoms with E-state index in [1.807, 2.05) is 54.1 Å². The van der Waals surface area contributed by atoms with Crippen molar-refractivity contribution in [2.75, 3.05) is 0 Å². The number of hydrogen-bond donors (Lipinski definition) is 2. The fourth-order valence-electron chi connectivity index (χ4n) is 2.87. The molecule has 0 saturated carbocycles. The first kappa shape index (κ1) is 17.4. The highest BCUT2D eigenvalue weighted by Gasteiger charge is 2.18. The van der Waals surface area contributed by atoms with Crippen LogP contribution in [0.2, 0.25) is 5.02 Å². The number of nitrogens with two attached hydrogens (primary N) is 1. The molecule has 4 rings (SSSR count). The first-order valence-corrected chi connectivity index (χ1v) is 10.4. The van der Waals surface area contributed by atoms with Crippen LogP contribution in [0.1, 0.15) is 24.4 Å². The fourth-order valence-corrected chi connectivity index (χ4v) is 4.86. The minimum Gasteiger partial charge on any atom is -0.334 e. The number of aromatic amines is 1. The molecule has 3 N–H and O–H groups in total. The van der Waals surface area contributed by atoms with Gasteiger partial charge in [-0.15, -0.1) is 22.7 Å². The Bertz CT molecular complexity index is 1100. The number of benzene rings is 1. The average molecular weight is 403 g/mol. The molecule has 1 atom stereocenters. The zero-order chi connectivity index (χ0) is 18.1. The third-order valence-electron chi connectivity index (χ3n) is 4.33. The molecule has 0 bridgehead atoms. The molecule has 3 aromatic heterocycles. The average Bonchev–Trinajstić information content (AvgIpc) is 3.30. The molecule has 7 heteroatoms. The Hall–Kier alpha value is -1.99. The number of thiophene rings is 2. The summed E-state index contributed by atoms with van der Waals surface area (Å²) in [5, 5.41) is 7.59. The zero-order valence-electron chi connectivity index (χ0n) is 14.0. The van der Waals surface area contributed by atoms with E-state index >= 15 is 0 Å². The quantitative estimate of drug-likeness (QED) is 0.525. The molecule has 0 spiro atoms. The monoisotopic (exact) mass is 402 g/mol. The summed E-state index contributed by atoms with van der Waals surface area (Å²) in [7, 11) is 0. The number of hydrogen-bond acceptors (Lipinski definition) is 4. The number of fused-ring (bicyclic) bond motifs is 1. The summed E-state index contributed by atoms with van der Waals surface area (Å²) < 4.78 is 0. The Labute approximate surface area is 163 Å². The van der Waals surface area contributed by atoms with Crippen LogP contribution in [-0.2, 0) is 6.54 Å². The lowest BCUT2D eigenvalue weighted by Gasteiger charge is -2.11. The van der Waals surface area contributed by atoms with Gasteiger partial charge in [-0.05, 0) is 24.4 Å². The van der Waals surface area contributed by atoms with Gasteiger partial charge in [0, 0.05) is 26.4 Å². The van der Waals surface area contributed by atoms with E-state index in [-0.39, 0.29) is 11.6 Å². The second-order valence-corrected chi connectivity index (χ2v) is 8.29. The van der Waals surface area contributed by atoms with E-state index < -0.39 is 0 Å². The lowest BCUT2D eigenvalue weighted by Crippen LogP contribution is -2.83. The lowest BCUT2D eigenvalue weighted by atomic mass is 10.2. The van der Waals surface area contributed by atoms with E-state index in [1.54, 1.807) is 11.3 Å². The topological polar surface area (TPSA) is 62.4 Å². The van der Waals surface area contributed by atoms with Crippen LogP contribution in [0, 0.1) is 0 Å². The number of aromatic nitrogens is 2. The van der Waals surface area contributed by atoms with E-state index in [2.05, 4.69) is 10.3 Å². The molecule has 0 amide bonds. The third-order valence-corrected chi connectivity index (χ3v) is 6.47. The van der Waals surface area contributed by atoms with Gasteiger partial charge in [0.05, 0.1) is 5.39 Å². The van der Waals surface area contributed by atoms with Crippen molar-refractivity contribution in [1.82, 2.24) is 9.97 Å². The normalized spacial score (nSPS) is 12.5. The maximum absolute atomic E-state index is 12.7. The van der Waals surface area contributed by atoms with Gasteiger partial charge in [-0.2, -0.15) is 0 Å². The summed E-state index contributed by atoms with van der Waals surface area (Å²) >= 11 is 9.36. The first-order chi connectivity index (χ1) is 12.6. The van der Waals surface area contributed by atoms with E-state index in [4.69, 9.17) is 16.6 Å². The molecule has 4 aromatic rings. The lowest BCUT2D eigenvalue weighted by molar-refractivity contribution is -0.709. The van der Waals surface area contributed by atoms with Gasteiger partial charge < -0.3 is 10.3 Å². The standard InChI is InChI=1S/C19H16ClN3OS2/c1-11(21-9-12-5-2-3-6-14(12)20)17-22-18(24)16-13(10-26-19(16)23-17)15-7-4-8-25-15/h2-8,10-11,21H,9H2,1H3,(H,22,23,24)/p+1/t11-/m1/s1. The van der Waals surface area contributed by atoms with Crippen molar-refractivity contribution in [3.05, 3.63) is 73.9 Å². The minimum absolute atomic E-state index is 0.0238. The number of quaternary nitrogens is 1. The summed E-state index contributed by atoms with van der Waals surface area (Å²) in [4.78, 5) is 22.2. The van der Waals surface area contributed by atoms with Crippen molar-refractivity contribution in [1.29, 1.82) is 0 Å². The first-order valence-electron chi connectivity index (χ1n) is 8.25. The largest absolute Gasteiger partial charge is 0.334 e. The Kier molecular flexibility index (Phi) is 4.91. The second-order valence-electron chi connectivity index (χ2n) is 6.08. The van der Waals surface area contributed by atoms with Crippen LogP contribution >= 0.6 is 34.3 Å². The number of H-pyrrole nitrogens is 1. The van der Waals surface area contributed by atoms with Crippen LogP contribution < -0.4 is 10.9 Å². The molecule has 4 nitrogen and oxygen atoms in total. The highest BCUT2D eigenvalue weighted by Crippen LogP contribution is 2.33. The molecule has 26 heavy (non-hydrogen) atoms. The fraction of sp³-hybridized carbons (Fsp3) is 0.158. The maximum Gasteiger partial charge on any atom is 0.260 e. The van der Waals surface area contributed by atoms with Crippen molar-refractivity contribution in [2.24, 2.45) is 0 Å². The molecule has 0 aliphatic rings. The maximum atomic E-state index is 12.7. The van der Waals surface area contributed by atoms with Crippen LogP contribution in [0.4, 0.5) is 0 Å². The van der Waals surface area contributed by atoms with Gasteiger partial charge in [0.25, 0.3) is 5.56 Å². The van der Waals surface area contributed by atoms with Crippen LogP contribution in [0.15, 0.2) is 52.0 Å². The van der Waals surface area contributed by atoms with Gasteiger partial charge in [0.15, 0.2) is 5.82 Å². The molecular weight excluding hydrogens is 386 g/mol. The molecule has 1 aromatic carbocycles. The van der Waals surface area contributed by atoms with E-state index in [1.165, 1.54) is 11.3 Å². The summed E-state index contributed by atoms with van der Waals surface area (Å²) in [6.07, 6.45) is 0. The second kappa shape index (κ2) is 7.32. The molecule has 0 unspecified atom stereocenters. The van der Waals surface area contributed by atoms with Crippen LogP contribution in [0.3, 0.4) is 0 Å². The Balaban J connectivity index is 1.61. The summed E-state index contributed by atoms with van der Waals surface area (Å²) in [6, 6.07) is 11.8. The Morgan fingerprint density at radius 3 is 2.85 bits per heavy atom. The van der Waals surface area contributed by atoms with Crippen molar-refractivity contribution >= 4 is 44.5 Å². The van der Waals surface area contributed by atoms with Crippen molar-refractivity contribution in [2.45, 2.75) is 19.5 Å². The SMILES string of the molecule is C[C@@H]([NH2+]Cc1ccccc1Cl)c1nc2scc(-c3cccs3)c2c(=O)[nH]1. The number of nitrogens with zero attached hydrogens (tertiary/aromatic N) is 1. The molecule has 0 saturated heterocycles. The zero-order valence-corrected chi connectivity index (χ0v) is 16.4. The van der Waals surface area contributed by atoms with Gasteiger partial charge in [-0.25, -0.2) is 4.98 Å². The number of halogens is 1. The van der Waals surface area contributed by atoms with Gasteiger partial charge in [-0.1, -0.05) is 35.9 Å². The Morgan fingerprint density at radius 1 is 1.23 bits per heavy atom. The predicted molar refractivity (Wildman–Crippen MR) is 109 cm³/mol.